The van der Waals surface area contributed by atoms with Crippen molar-refractivity contribution in [1.82, 2.24) is 39.7 Å². The lowest BCUT2D eigenvalue weighted by Gasteiger charge is -2.32. The van der Waals surface area contributed by atoms with Gasteiger partial charge in [0.1, 0.15) is 35.2 Å². The van der Waals surface area contributed by atoms with Crippen LogP contribution in [0.4, 0.5) is 24.7 Å². The van der Waals surface area contributed by atoms with Gasteiger partial charge in [0.15, 0.2) is 0 Å². The molecule has 1 unspecified atom stereocenters. The van der Waals surface area contributed by atoms with Gasteiger partial charge in [0, 0.05) is 55.6 Å². The Bertz CT molecular complexity index is 3130. The molecule has 0 radical (unpaired) electrons. The number of nitrogen functional groups attached to an aromatic ring is 1. The first kappa shape index (κ1) is 44.6. The summed E-state index contributed by atoms with van der Waals surface area (Å²) >= 11 is 0. The number of carbonyl (C=O) groups excluding carboxylic acids is 5. The fourth-order valence-corrected chi connectivity index (χ4v) is 9.33. The molecular formula is C45H41F3N10O8S. The number of ether oxygens (including phenoxy) is 1. The number of halogens is 3. The van der Waals surface area contributed by atoms with Crippen LogP contribution in [0.3, 0.4) is 0 Å². The Morgan fingerprint density at radius 3 is 2.39 bits per heavy atom. The molecule has 3 aromatic carbocycles. The van der Waals surface area contributed by atoms with Crippen molar-refractivity contribution < 1.29 is 50.3 Å². The molecule has 346 valence electrons. The van der Waals surface area contributed by atoms with Crippen molar-refractivity contribution in [2.45, 2.75) is 63.0 Å². The highest BCUT2D eigenvalue weighted by Gasteiger charge is 2.45. The summed E-state index contributed by atoms with van der Waals surface area (Å²) in [6.07, 6.45) is 5.59. The van der Waals surface area contributed by atoms with Crippen molar-refractivity contribution in [3.8, 4) is 28.1 Å². The van der Waals surface area contributed by atoms with Gasteiger partial charge in [-0.05, 0) is 73.7 Å². The van der Waals surface area contributed by atoms with E-state index in [1.54, 1.807) is 42.0 Å². The predicted octanol–water partition coefficient (Wildman–Crippen LogP) is 5.13. The van der Waals surface area contributed by atoms with Crippen LogP contribution >= 0.6 is 0 Å². The van der Waals surface area contributed by atoms with Crippen molar-refractivity contribution >= 4 is 62.0 Å². The second kappa shape index (κ2) is 17.3. The number of piperidine rings is 2. The van der Waals surface area contributed by atoms with Crippen LogP contribution in [0.1, 0.15) is 76.6 Å². The van der Waals surface area contributed by atoms with Crippen LogP contribution in [0.15, 0.2) is 79.3 Å². The maximum Gasteiger partial charge on any atom is 0.355 e. The largest absolute Gasteiger partial charge is 0.484 e. The summed E-state index contributed by atoms with van der Waals surface area (Å²) in [5.74, 6) is -6.77. The van der Waals surface area contributed by atoms with E-state index in [4.69, 9.17) is 15.6 Å². The van der Waals surface area contributed by atoms with E-state index in [1.165, 1.54) is 54.6 Å². The average molecular weight is 939 g/mol. The number of aromatic nitrogens is 5. The number of nitrogens with two attached hydrogens (primary N) is 1. The van der Waals surface area contributed by atoms with Crippen LogP contribution in [0.5, 0.6) is 5.75 Å². The van der Waals surface area contributed by atoms with Crippen molar-refractivity contribution in [1.29, 1.82) is 0 Å². The number of likely N-dealkylation sites (tertiary alicyclic amines) is 1. The van der Waals surface area contributed by atoms with Crippen molar-refractivity contribution in [3.63, 3.8) is 0 Å². The number of carbonyl (C=O) groups is 5. The lowest BCUT2D eigenvalue weighted by atomic mass is 10.0. The summed E-state index contributed by atoms with van der Waals surface area (Å²) < 4.78 is 76.5. The molecule has 2 atom stereocenters. The van der Waals surface area contributed by atoms with E-state index >= 15 is 0 Å². The number of hydrogen-bond donors (Lipinski definition) is 3. The molecule has 0 saturated carbocycles. The fourth-order valence-electron chi connectivity index (χ4n) is 8.76. The third-order valence-electron chi connectivity index (χ3n) is 12.2. The molecule has 3 aliphatic heterocycles. The number of benzene rings is 3. The molecule has 67 heavy (non-hydrogen) atoms. The fraction of sp³-hybridized carbons (Fsp3) is 0.289. The van der Waals surface area contributed by atoms with Crippen LogP contribution in [-0.4, -0.2) is 97.2 Å². The highest BCUT2D eigenvalue weighted by atomic mass is 32.2. The van der Waals surface area contributed by atoms with E-state index in [0.29, 0.717) is 70.3 Å². The monoisotopic (exact) mass is 938 g/mol. The lowest BCUT2D eigenvalue weighted by Crippen LogP contribution is -2.54. The number of rotatable bonds is 12. The van der Waals surface area contributed by atoms with E-state index in [0.717, 1.165) is 4.90 Å². The normalized spacial score (nSPS) is 17.3. The predicted molar refractivity (Wildman–Crippen MR) is 235 cm³/mol. The van der Waals surface area contributed by atoms with Crippen LogP contribution in [0.2, 0.25) is 0 Å². The molecule has 4 N–H and O–H groups in total. The van der Waals surface area contributed by atoms with Crippen molar-refractivity contribution in [2.24, 2.45) is 7.05 Å². The highest BCUT2D eigenvalue weighted by Crippen LogP contribution is 2.41. The Morgan fingerprint density at radius 2 is 1.67 bits per heavy atom. The van der Waals surface area contributed by atoms with Gasteiger partial charge >= 0.3 is 5.76 Å². The minimum absolute atomic E-state index is 0.00612. The third kappa shape index (κ3) is 8.43. The molecule has 0 bridgehead atoms. The summed E-state index contributed by atoms with van der Waals surface area (Å²) in [5.41, 5.74) is 10.2. The van der Waals surface area contributed by atoms with Crippen molar-refractivity contribution in [3.05, 3.63) is 107 Å². The molecule has 3 aliphatic rings. The van der Waals surface area contributed by atoms with Gasteiger partial charge in [0.2, 0.25) is 17.7 Å². The number of nitrogens with one attached hydrogen (secondary N) is 2. The molecule has 9 rings (SSSR count). The van der Waals surface area contributed by atoms with Gasteiger partial charge < -0.3 is 15.4 Å². The minimum Gasteiger partial charge on any atom is -0.484 e. The summed E-state index contributed by atoms with van der Waals surface area (Å²) in [6, 6.07) is 13.1. The Morgan fingerprint density at radius 1 is 0.940 bits per heavy atom. The SMILES string of the molecule is C[C@H](Oc1cc(-c2nn(C)c3c(-c4cnn(C5CCN(C(=O)Cc6ccc7c(c6)C(=O)N(C6CCC(=O)NC6=O)C7=O)CC5)c4)cnc(N)c23)ccc1NS(=O)(=O)C(F)F)c1ccc(F)cc1. The minimum atomic E-state index is -5.09. The highest BCUT2D eigenvalue weighted by molar-refractivity contribution is 7.93. The summed E-state index contributed by atoms with van der Waals surface area (Å²) in [7, 11) is -3.38. The topological polar surface area (TPSA) is 234 Å². The van der Waals surface area contributed by atoms with Gasteiger partial charge in [0.05, 0.1) is 46.4 Å². The number of sulfonamides is 1. The van der Waals surface area contributed by atoms with Gasteiger partial charge in [-0.25, -0.2) is 17.8 Å². The number of amides is 5. The van der Waals surface area contributed by atoms with E-state index in [2.05, 4.69) is 15.4 Å². The number of pyridine rings is 1. The molecule has 22 heteroatoms. The van der Waals surface area contributed by atoms with Crippen LogP contribution < -0.4 is 20.5 Å². The second-order valence-electron chi connectivity index (χ2n) is 16.5. The standard InChI is InChI=1S/C45H41F3N10O8S/c1-23(25-4-7-28(46)8-5-25)66-35-19-26(6-10-33(35)54-67(64,65)45(47)48)39-38-40(55(2)53-39)32(21-50-41(38)49)27-20-51-57(22-27)29-13-15-56(16-14-29)37(60)18-24-3-9-30-31(17-24)44(63)58(43(30)62)34-11-12-36(59)52-42(34)61/h3-10,17,19-23,29,34,45,54H,11-16,18H2,1-2H3,(H2,49,50)(H,52,59,61)/t23-,34?/m0/s1. The zero-order valence-corrected chi connectivity index (χ0v) is 36.6. The summed E-state index contributed by atoms with van der Waals surface area (Å²) in [4.78, 5) is 71.1. The molecule has 0 spiro atoms. The first-order valence-corrected chi connectivity index (χ1v) is 22.7. The first-order chi connectivity index (χ1) is 32.0. The zero-order chi connectivity index (χ0) is 47.5. The number of alkyl halides is 2. The van der Waals surface area contributed by atoms with E-state index < -0.39 is 57.4 Å². The number of aryl methyl sites for hydroxylation is 1. The maximum absolute atomic E-state index is 13.7. The van der Waals surface area contributed by atoms with E-state index in [1.807, 2.05) is 15.6 Å². The van der Waals surface area contributed by atoms with Gasteiger partial charge in [-0.1, -0.05) is 24.3 Å². The quantitative estimate of drug-likeness (QED) is 0.136. The second-order valence-corrected chi connectivity index (χ2v) is 18.2. The van der Waals surface area contributed by atoms with Gasteiger partial charge in [-0.15, -0.1) is 0 Å². The Hall–Kier alpha value is -7.62. The zero-order valence-electron chi connectivity index (χ0n) is 35.8. The molecule has 3 aromatic heterocycles. The first-order valence-electron chi connectivity index (χ1n) is 21.1. The Labute approximate surface area is 379 Å². The maximum atomic E-state index is 13.7. The molecule has 6 aromatic rings. The smallest absolute Gasteiger partial charge is 0.355 e. The van der Waals surface area contributed by atoms with E-state index in [9.17, 15) is 45.6 Å². The summed E-state index contributed by atoms with van der Waals surface area (Å²) in [5, 5.41) is 12.0. The number of nitrogens with zero attached hydrogens (tertiary/aromatic N) is 7. The van der Waals surface area contributed by atoms with Gasteiger partial charge in [-0.2, -0.15) is 19.0 Å². The molecule has 18 nitrogen and oxygen atoms in total. The van der Waals surface area contributed by atoms with Crippen LogP contribution in [0.25, 0.3) is 33.3 Å². The van der Waals surface area contributed by atoms with E-state index in [-0.39, 0.29) is 59.6 Å². The van der Waals surface area contributed by atoms with Crippen LogP contribution in [-0.2, 0) is 37.9 Å². The number of imide groups is 2. The molecule has 2 fully saturated rings. The number of fused-ring (bicyclic) bond motifs is 2. The molecule has 5 amide bonds. The molecule has 0 aliphatic carbocycles. The molecular weight excluding hydrogens is 898 g/mol. The molecule has 2 saturated heterocycles. The van der Waals surface area contributed by atoms with Crippen LogP contribution in [0, 0.1) is 5.82 Å². The molecule has 6 heterocycles. The average Bonchev–Trinajstić information content (AvgIpc) is 3.99. The van der Waals surface area contributed by atoms with Gasteiger partial charge in [0.25, 0.3) is 21.8 Å². The Balaban J connectivity index is 0.904. The summed E-state index contributed by atoms with van der Waals surface area (Å²) in [6.45, 7) is 2.49. The van der Waals surface area contributed by atoms with Gasteiger partial charge in [-0.3, -0.25) is 48.3 Å². The third-order valence-corrected chi connectivity index (χ3v) is 13.2. The number of anilines is 2. The lowest BCUT2D eigenvalue weighted by molar-refractivity contribution is -0.136. The number of hydrogen-bond acceptors (Lipinski definition) is 12. The van der Waals surface area contributed by atoms with Crippen molar-refractivity contribution in [2.75, 3.05) is 23.5 Å². The Kier molecular flexibility index (Phi) is 11.5.